The predicted molar refractivity (Wildman–Crippen MR) is 128 cm³/mol. The number of hydrogen-bond donors (Lipinski definition) is 2. The van der Waals surface area contributed by atoms with Gasteiger partial charge in [-0.25, -0.2) is 0 Å². The Balaban J connectivity index is 1.74. The van der Waals surface area contributed by atoms with Gasteiger partial charge in [0.15, 0.2) is 16.5 Å². The Morgan fingerprint density at radius 3 is 2.44 bits per heavy atom. The van der Waals surface area contributed by atoms with Gasteiger partial charge in [0.2, 0.25) is 0 Å². The molecule has 0 fully saturated rings. The van der Waals surface area contributed by atoms with E-state index in [1.54, 1.807) is 18.2 Å². The van der Waals surface area contributed by atoms with Crippen molar-refractivity contribution in [3.05, 3.63) is 71.8 Å². The third-order valence-electron chi connectivity index (χ3n) is 4.76. The number of phenols is 2. The van der Waals surface area contributed by atoms with Gasteiger partial charge in [0, 0.05) is 35.9 Å². The first-order valence-corrected chi connectivity index (χ1v) is 11.1. The van der Waals surface area contributed by atoms with Gasteiger partial charge in [0.25, 0.3) is 0 Å². The monoisotopic (exact) mass is 476 g/mol. The second kappa shape index (κ2) is 9.72. The van der Waals surface area contributed by atoms with Crippen molar-refractivity contribution in [3.63, 3.8) is 0 Å². The van der Waals surface area contributed by atoms with Gasteiger partial charge in [0.05, 0.1) is 0 Å². The molecular weight excluding hydrogens is 456 g/mol. The number of phenolic OH excluding ortho intramolecular Hbond substituents is 2. The van der Waals surface area contributed by atoms with Crippen LogP contribution in [0.1, 0.15) is 25.0 Å². The molecule has 0 atom stereocenters. The third-order valence-corrected chi connectivity index (χ3v) is 5.80. The SMILES string of the molecule is CC(=O)Oc1ccc(Cc2cc(O)ccc2O)cc1N=Nc1sc2ccccc2c1OC(C)=O. The molecule has 8 nitrogen and oxygen atoms in total. The Bertz CT molecular complexity index is 1430. The summed E-state index contributed by atoms with van der Waals surface area (Å²) in [6.07, 6.45) is 0.296. The maximum Gasteiger partial charge on any atom is 0.308 e. The molecule has 0 saturated heterocycles. The lowest BCUT2D eigenvalue weighted by molar-refractivity contribution is -0.132. The molecule has 3 aromatic carbocycles. The normalized spacial score (nSPS) is 11.1. The second-order valence-electron chi connectivity index (χ2n) is 7.41. The summed E-state index contributed by atoms with van der Waals surface area (Å²) in [4.78, 5) is 23.2. The van der Waals surface area contributed by atoms with Gasteiger partial charge in [-0.3, -0.25) is 9.59 Å². The largest absolute Gasteiger partial charge is 0.508 e. The van der Waals surface area contributed by atoms with Gasteiger partial charge in [0.1, 0.15) is 17.2 Å². The fraction of sp³-hybridized carbons (Fsp3) is 0.120. The summed E-state index contributed by atoms with van der Waals surface area (Å²) in [6.45, 7) is 2.59. The molecule has 4 rings (SSSR count). The maximum absolute atomic E-state index is 11.6. The summed E-state index contributed by atoms with van der Waals surface area (Å²) in [5.41, 5.74) is 1.53. The average molecular weight is 477 g/mol. The van der Waals surface area contributed by atoms with Crippen LogP contribution in [-0.4, -0.2) is 22.2 Å². The van der Waals surface area contributed by atoms with Gasteiger partial charge in [-0.1, -0.05) is 18.2 Å². The first-order valence-electron chi connectivity index (χ1n) is 10.2. The summed E-state index contributed by atoms with van der Waals surface area (Å²) in [6, 6.07) is 16.7. The summed E-state index contributed by atoms with van der Waals surface area (Å²) < 4.78 is 11.5. The summed E-state index contributed by atoms with van der Waals surface area (Å²) >= 11 is 1.31. The minimum absolute atomic E-state index is 0.0343. The van der Waals surface area contributed by atoms with Crippen LogP contribution in [0.25, 0.3) is 10.1 Å². The van der Waals surface area contributed by atoms with E-state index in [4.69, 9.17) is 9.47 Å². The highest BCUT2D eigenvalue weighted by molar-refractivity contribution is 7.23. The molecule has 0 amide bonds. The Hall–Kier alpha value is -4.24. The lowest BCUT2D eigenvalue weighted by Crippen LogP contribution is -2.02. The number of carbonyl (C=O) groups is 2. The number of rotatable bonds is 6. The highest BCUT2D eigenvalue weighted by atomic mass is 32.1. The average Bonchev–Trinajstić information content (AvgIpc) is 3.13. The first-order chi connectivity index (χ1) is 16.3. The predicted octanol–water partition coefficient (Wildman–Crippen LogP) is 6.17. The number of hydrogen-bond acceptors (Lipinski definition) is 9. The zero-order valence-corrected chi connectivity index (χ0v) is 19.1. The maximum atomic E-state index is 11.6. The van der Waals surface area contributed by atoms with Crippen molar-refractivity contribution >= 4 is 44.1 Å². The van der Waals surface area contributed by atoms with Crippen LogP contribution in [0.4, 0.5) is 10.7 Å². The number of fused-ring (bicyclic) bond motifs is 1. The van der Waals surface area contributed by atoms with E-state index in [1.807, 2.05) is 24.3 Å². The fourth-order valence-electron chi connectivity index (χ4n) is 3.34. The molecule has 0 spiro atoms. The molecule has 0 bridgehead atoms. The zero-order chi connectivity index (χ0) is 24.2. The van der Waals surface area contributed by atoms with Crippen LogP contribution in [0.2, 0.25) is 0 Å². The Morgan fingerprint density at radius 1 is 0.912 bits per heavy atom. The number of thiophene rings is 1. The molecule has 1 heterocycles. The number of carbonyl (C=O) groups excluding carboxylic acids is 2. The summed E-state index contributed by atoms with van der Waals surface area (Å²) in [7, 11) is 0. The number of ether oxygens (including phenoxy) is 2. The molecule has 0 saturated carbocycles. The van der Waals surface area contributed by atoms with Gasteiger partial charge in [-0.05, 0) is 48.0 Å². The first kappa shape index (κ1) is 22.9. The Morgan fingerprint density at radius 2 is 1.68 bits per heavy atom. The van der Waals surface area contributed by atoms with Crippen LogP contribution in [0.5, 0.6) is 23.0 Å². The second-order valence-corrected chi connectivity index (χ2v) is 8.44. The molecule has 0 radical (unpaired) electrons. The smallest absolute Gasteiger partial charge is 0.308 e. The third kappa shape index (κ3) is 5.21. The van der Waals surface area contributed by atoms with Gasteiger partial charge < -0.3 is 19.7 Å². The standard InChI is InChI=1S/C25H20N2O6S/c1-14(28)32-22-10-7-16(11-17-13-18(30)8-9-21(17)31)12-20(22)26-27-25-24(33-15(2)29)19-5-3-4-6-23(19)34-25/h3-10,12-13,30-31H,11H2,1-2H3. The minimum atomic E-state index is -0.516. The van der Waals surface area contributed by atoms with Gasteiger partial charge in [-0.15, -0.1) is 21.6 Å². The van der Waals surface area contributed by atoms with E-state index >= 15 is 0 Å². The molecule has 9 heteroatoms. The van der Waals surface area contributed by atoms with Crippen LogP contribution in [-0.2, 0) is 16.0 Å². The van der Waals surface area contributed by atoms with Crippen LogP contribution >= 0.6 is 11.3 Å². The molecule has 0 aliphatic rings. The van der Waals surface area contributed by atoms with Crippen LogP contribution in [0, 0.1) is 0 Å². The van der Waals surface area contributed by atoms with Crippen molar-refractivity contribution in [1.82, 2.24) is 0 Å². The molecule has 34 heavy (non-hydrogen) atoms. The highest BCUT2D eigenvalue weighted by Gasteiger charge is 2.16. The quantitative estimate of drug-likeness (QED) is 0.149. The van der Waals surface area contributed by atoms with Crippen LogP contribution < -0.4 is 9.47 Å². The number of aromatic hydroxyl groups is 2. The van der Waals surface area contributed by atoms with E-state index in [2.05, 4.69) is 10.2 Å². The fourth-order valence-corrected chi connectivity index (χ4v) is 4.29. The van der Waals surface area contributed by atoms with Crippen molar-refractivity contribution in [2.45, 2.75) is 20.3 Å². The zero-order valence-electron chi connectivity index (χ0n) is 18.3. The van der Waals surface area contributed by atoms with Gasteiger partial charge >= 0.3 is 11.9 Å². The van der Waals surface area contributed by atoms with Crippen LogP contribution in [0.3, 0.4) is 0 Å². The van der Waals surface area contributed by atoms with Crippen molar-refractivity contribution in [2.24, 2.45) is 10.2 Å². The van der Waals surface area contributed by atoms with E-state index in [9.17, 15) is 19.8 Å². The van der Waals surface area contributed by atoms with Crippen LogP contribution in [0.15, 0.2) is 70.9 Å². The summed E-state index contributed by atoms with van der Waals surface area (Å²) in [5, 5.41) is 29.6. The van der Waals surface area contributed by atoms with E-state index in [-0.39, 0.29) is 22.9 Å². The molecule has 4 aromatic rings. The molecule has 0 aliphatic heterocycles. The van der Waals surface area contributed by atoms with E-state index in [1.165, 1.54) is 43.4 Å². The van der Waals surface area contributed by atoms with Crippen molar-refractivity contribution in [1.29, 1.82) is 0 Å². The van der Waals surface area contributed by atoms with Crippen molar-refractivity contribution in [2.75, 3.05) is 0 Å². The molecule has 1 aromatic heterocycles. The van der Waals surface area contributed by atoms with E-state index < -0.39 is 11.9 Å². The lowest BCUT2D eigenvalue weighted by atomic mass is 10.0. The minimum Gasteiger partial charge on any atom is -0.508 e. The number of nitrogens with zero attached hydrogens (tertiary/aromatic N) is 2. The van der Waals surface area contributed by atoms with Crippen molar-refractivity contribution < 1.29 is 29.3 Å². The van der Waals surface area contributed by atoms with E-state index in [0.717, 1.165) is 15.6 Å². The molecular formula is C25H20N2O6S. The Kier molecular flexibility index (Phi) is 6.55. The number of esters is 2. The van der Waals surface area contributed by atoms with Crippen molar-refractivity contribution in [3.8, 4) is 23.0 Å². The topological polar surface area (TPSA) is 118 Å². The lowest BCUT2D eigenvalue weighted by Gasteiger charge is -2.09. The molecule has 0 unspecified atom stereocenters. The highest BCUT2D eigenvalue weighted by Crippen LogP contribution is 2.45. The number of benzene rings is 3. The Labute approximate surface area is 198 Å². The molecule has 172 valence electrons. The molecule has 2 N–H and O–H groups in total. The number of azo groups is 1. The van der Waals surface area contributed by atoms with E-state index in [0.29, 0.717) is 22.7 Å². The molecule has 0 aliphatic carbocycles. The summed E-state index contributed by atoms with van der Waals surface area (Å²) in [5.74, 6) is -0.402. The van der Waals surface area contributed by atoms with Gasteiger partial charge in [-0.2, -0.15) is 0 Å².